The van der Waals surface area contributed by atoms with Gasteiger partial charge in [0.1, 0.15) is 11.6 Å². The van der Waals surface area contributed by atoms with Gasteiger partial charge in [-0.1, -0.05) is 33.1 Å². The van der Waals surface area contributed by atoms with E-state index >= 15 is 0 Å². The second-order valence-electron chi connectivity index (χ2n) is 7.22. The fourth-order valence-corrected chi connectivity index (χ4v) is 3.71. The molecule has 2 heterocycles. The maximum atomic E-state index is 4.73. The number of aromatic nitrogens is 2. The number of nitrogens with zero attached hydrogens (tertiary/aromatic N) is 4. The van der Waals surface area contributed by atoms with E-state index in [2.05, 4.69) is 34.7 Å². The lowest BCUT2D eigenvalue weighted by molar-refractivity contribution is 0.191. The van der Waals surface area contributed by atoms with Crippen LogP contribution in [-0.4, -0.2) is 47.6 Å². The van der Waals surface area contributed by atoms with Crippen molar-refractivity contribution >= 4 is 5.82 Å². The van der Waals surface area contributed by atoms with Gasteiger partial charge in [0.2, 0.25) is 0 Å². The number of hydrogen-bond acceptors (Lipinski definition) is 4. The maximum absolute atomic E-state index is 4.73. The molecule has 2 aliphatic rings. The SMILES string of the molecule is CC(C)c1nccc(N2CCN(CC3CCCCC3)CC2)n1. The monoisotopic (exact) mass is 302 g/mol. The Hall–Kier alpha value is -1.16. The second-order valence-corrected chi connectivity index (χ2v) is 7.22. The van der Waals surface area contributed by atoms with E-state index in [4.69, 9.17) is 4.98 Å². The molecule has 0 N–H and O–H groups in total. The van der Waals surface area contributed by atoms with Crippen LogP contribution in [0.4, 0.5) is 5.82 Å². The molecule has 2 fully saturated rings. The lowest BCUT2D eigenvalue weighted by atomic mass is 9.89. The van der Waals surface area contributed by atoms with Gasteiger partial charge in [0.15, 0.2) is 0 Å². The van der Waals surface area contributed by atoms with E-state index in [1.54, 1.807) is 0 Å². The molecule has 4 nitrogen and oxygen atoms in total. The molecule has 22 heavy (non-hydrogen) atoms. The van der Waals surface area contributed by atoms with Crippen LogP contribution < -0.4 is 4.90 Å². The summed E-state index contributed by atoms with van der Waals surface area (Å²) in [5.41, 5.74) is 0. The van der Waals surface area contributed by atoms with E-state index in [-0.39, 0.29) is 0 Å². The highest BCUT2D eigenvalue weighted by Crippen LogP contribution is 2.25. The highest BCUT2D eigenvalue weighted by atomic mass is 15.3. The third-order valence-electron chi connectivity index (χ3n) is 5.11. The van der Waals surface area contributed by atoms with E-state index in [1.807, 2.05) is 6.20 Å². The van der Waals surface area contributed by atoms with Crippen molar-refractivity contribution in [2.24, 2.45) is 5.92 Å². The third kappa shape index (κ3) is 3.97. The predicted octanol–water partition coefficient (Wildman–Crippen LogP) is 3.30. The molecule has 4 heteroatoms. The summed E-state index contributed by atoms with van der Waals surface area (Å²) in [7, 11) is 0. The molecule has 0 amide bonds. The van der Waals surface area contributed by atoms with Crippen molar-refractivity contribution in [2.45, 2.75) is 51.9 Å². The van der Waals surface area contributed by atoms with Crippen LogP contribution in [0, 0.1) is 5.92 Å². The summed E-state index contributed by atoms with van der Waals surface area (Å²) < 4.78 is 0. The molecule has 1 aliphatic carbocycles. The number of rotatable bonds is 4. The molecule has 0 bridgehead atoms. The van der Waals surface area contributed by atoms with Crippen molar-refractivity contribution in [3.05, 3.63) is 18.1 Å². The Morgan fingerprint density at radius 2 is 1.82 bits per heavy atom. The molecule has 3 rings (SSSR count). The van der Waals surface area contributed by atoms with Crippen molar-refractivity contribution in [2.75, 3.05) is 37.6 Å². The summed E-state index contributed by atoms with van der Waals surface area (Å²) >= 11 is 0. The zero-order chi connectivity index (χ0) is 15.4. The van der Waals surface area contributed by atoms with E-state index in [0.29, 0.717) is 5.92 Å². The molecule has 1 aromatic heterocycles. The summed E-state index contributed by atoms with van der Waals surface area (Å²) in [5.74, 6) is 3.41. The Morgan fingerprint density at radius 3 is 2.50 bits per heavy atom. The van der Waals surface area contributed by atoms with Gasteiger partial charge in [-0.2, -0.15) is 0 Å². The van der Waals surface area contributed by atoms with Crippen molar-refractivity contribution in [1.29, 1.82) is 0 Å². The van der Waals surface area contributed by atoms with Crippen LogP contribution in [-0.2, 0) is 0 Å². The zero-order valence-corrected chi connectivity index (χ0v) is 14.2. The Kier molecular flexibility index (Phi) is 5.29. The largest absolute Gasteiger partial charge is 0.354 e. The molecule has 1 saturated heterocycles. The van der Waals surface area contributed by atoms with Crippen LogP contribution in [0.3, 0.4) is 0 Å². The molecule has 1 saturated carbocycles. The van der Waals surface area contributed by atoms with Gasteiger partial charge in [-0.15, -0.1) is 0 Å². The van der Waals surface area contributed by atoms with E-state index in [1.165, 1.54) is 51.7 Å². The van der Waals surface area contributed by atoms with E-state index < -0.39 is 0 Å². The van der Waals surface area contributed by atoms with Crippen LogP contribution in [0.25, 0.3) is 0 Å². The highest BCUT2D eigenvalue weighted by molar-refractivity contribution is 5.38. The van der Waals surface area contributed by atoms with Crippen LogP contribution in [0.5, 0.6) is 0 Å². The summed E-state index contributed by atoms with van der Waals surface area (Å²) in [6, 6.07) is 2.06. The van der Waals surface area contributed by atoms with Crippen molar-refractivity contribution in [3.63, 3.8) is 0 Å². The zero-order valence-electron chi connectivity index (χ0n) is 14.2. The van der Waals surface area contributed by atoms with Gasteiger partial charge in [0.05, 0.1) is 0 Å². The summed E-state index contributed by atoms with van der Waals surface area (Å²) in [6.07, 6.45) is 9.16. The number of hydrogen-bond donors (Lipinski definition) is 0. The van der Waals surface area contributed by atoms with E-state index in [9.17, 15) is 0 Å². The summed E-state index contributed by atoms with van der Waals surface area (Å²) in [5, 5.41) is 0. The minimum absolute atomic E-state index is 0.396. The maximum Gasteiger partial charge on any atom is 0.133 e. The summed E-state index contributed by atoms with van der Waals surface area (Å²) in [4.78, 5) is 14.2. The Bertz CT molecular complexity index is 460. The number of piperazine rings is 1. The average molecular weight is 302 g/mol. The third-order valence-corrected chi connectivity index (χ3v) is 5.11. The van der Waals surface area contributed by atoms with Crippen molar-refractivity contribution < 1.29 is 0 Å². The first kappa shape index (κ1) is 15.7. The second kappa shape index (κ2) is 7.40. The minimum atomic E-state index is 0.396. The van der Waals surface area contributed by atoms with Crippen LogP contribution >= 0.6 is 0 Å². The Morgan fingerprint density at radius 1 is 1.09 bits per heavy atom. The van der Waals surface area contributed by atoms with Gasteiger partial charge < -0.3 is 4.90 Å². The molecular formula is C18H30N4. The Labute approximate surface area is 134 Å². The Balaban J connectivity index is 1.51. The molecule has 0 radical (unpaired) electrons. The number of anilines is 1. The van der Waals surface area contributed by atoms with Gasteiger partial charge in [-0.05, 0) is 24.8 Å². The average Bonchev–Trinajstić information content (AvgIpc) is 2.56. The lowest BCUT2D eigenvalue weighted by Crippen LogP contribution is -2.48. The molecule has 0 unspecified atom stereocenters. The molecule has 122 valence electrons. The molecule has 1 aromatic rings. The smallest absolute Gasteiger partial charge is 0.133 e. The van der Waals surface area contributed by atoms with Gasteiger partial charge in [0.25, 0.3) is 0 Å². The van der Waals surface area contributed by atoms with Crippen LogP contribution in [0.2, 0.25) is 0 Å². The van der Waals surface area contributed by atoms with E-state index in [0.717, 1.165) is 30.6 Å². The quantitative estimate of drug-likeness (QED) is 0.854. The molecule has 0 atom stereocenters. The minimum Gasteiger partial charge on any atom is -0.354 e. The van der Waals surface area contributed by atoms with Gasteiger partial charge in [0, 0.05) is 44.8 Å². The van der Waals surface area contributed by atoms with Crippen molar-refractivity contribution in [1.82, 2.24) is 14.9 Å². The van der Waals surface area contributed by atoms with Gasteiger partial charge in [-0.25, -0.2) is 9.97 Å². The molecule has 0 aromatic carbocycles. The fraction of sp³-hybridized carbons (Fsp3) is 0.778. The topological polar surface area (TPSA) is 32.3 Å². The first-order valence-electron chi connectivity index (χ1n) is 9.02. The van der Waals surface area contributed by atoms with Gasteiger partial charge >= 0.3 is 0 Å². The molecule has 1 aliphatic heterocycles. The van der Waals surface area contributed by atoms with Crippen LogP contribution in [0.1, 0.15) is 57.7 Å². The molecular weight excluding hydrogens is 272 g/mol. The van der Waals surface area contributed by atoms with Gasteiger partial charge in [-0.3, -0.25) is 4.90 Å². The predicted molar refractivity (Wildman–Crippen MR) is 91.3 cm³/mol. The standard InChI is InChI=1S/C18H30N4/c1-15(2)18-19-9-8-17(20-18)22-12-10-21(11-13-22)14-16-6-4-3-5-7-16/h8-9,15-16H,3-7,10-14H2,1-2H3. The summed E-state index contributed by atoms with van der Waals surface area (Å²) in [6.45, 7) is 10.2. The highest BCUT2D eigenvalue weighted by Gasteiger charge is 2.22. The van der Waals surface area contributed by atoms with Crippen molar-refractivity contribution in [3.8, 4) is 0 Å². The molecule has 0 spiro atoms. The van der Waals surface area contributed by atoms with Crippen LogP contribution in [0.15, 0.2) is 12.3 Å². The normalized spacial score (nSPS) is 21.5. The first-order chi connectivity index (χ1) is 10.7. The lowest BCUT2D eigenvalue weighted by Gasteiger charge is -2.37. The fourth-order valence-electron chi connectivity index (χ4n) is 3.71. The first-order valence-corrected chi connectivity index (χ1v) is 9.02.